The molecular formula is C22H44N6O5. The monoisotopic (exact) mass is 472 g/mol. The van der Waals surface area contributed by atoms with Crippen molar-refractivity contribution in [1.82, 2.24) is 16.0 Å². The summed E-state index contributed by atoms with van der Waals surface area (Å²) in [6, 6.07) is -3.72. The minimum atomic E-state index is -1.15. The van der Waals surface area contributed by atoms with Gasteiger partial charge in [-0.3, -0.25) is 14.4 Å². The van der Waals surface area contributed by atoms with Gasteiger partial charge in [0.1, 0.15) is 18.1 Å². The third-order valence-electron chi connectivity index (χ3n) is 5.41. The molecule has 3 amide bonds. The molecule has 0 spiro atoms. The third kappa shape index (κ3) is 12.0. The van der Waals surface area contributed by atoms with Gasteiger partial charge in [0, 0.05) is 0 Å². The number of amides is 3. The topological polar surface area (TPSA) is 203 Å². The Labute approximate surface area is 197 Å². The van der Waals surface area contributed by atoms with E-state index in [1.54, 1.807) is 27.7 Å². The van der Waals surface area contributed by atoms with Crippen molar-refractivity contribution in [3.8, 4) is 0 Å². The van der Waals surface area contributed by atoms with E-state index in [0.29, 0.717) is 45.2 Å². The summed E-state index contributed by atoms with van der Waals surface area (Å²) < 4.78 is 0. The van der Waals surface area contributed by atoms with Gasteiger partial charge in [0.2, 0.25) is 17.7 Å². The molecule has 0 saturated carbocycles. The first-order valence-corrected chi connectivity index (χ1v) is 11.8. The van der Waals surface area contributed by atoms with Crippen molar-refractivity contribution < 1.29 is 24.3 Å². The Morgan fingerprint density at radius 3 is 1.48 bits per heavy atom. The Morgan fingerprint density at radius 2 is 1.12 bits per heavy atom. The van der Waals surface area contributed by atoms with Crippen LogP contribution in [0.2, 0.25) is 0 Å². The van der Waals surface area contributed by atoms with Gasteiger partial charge >= 0.3 is 5.97 Å². The molecule has 0 rings (SSSR count). The highest BCUT2D eigenvalue weighted by atomic mass is 16.4. The number of carboxylic acid groups (broad SMARTS) is 1. The summed E-state index contributed by atoms with van der Waals surface area (Å²) in [4.78, 5) is 49.8. The molecule has 0 bridgehead atoms. The summed E-state index contributed by atoms with van der Waals surface area (Å²) in [6.07, 6.45) is 3.10. The maximum atomic E-state index is 13.0. The molecule has 4 atom stereocenters. The second-order valence-corrected chi connectivity index (χ2v) is 9.03. The molecule has 0 aromatic rings. The average molecular weight is 473 g/mol. The Morgan fingerprint density at radius 1 is 0.697 bits per heavy atom. The molecule has 0 aliphatic heterocycles. The highest BCUT2D eigenvalue weighted by Crippen LogP contribution is 2.08. The minimum Gasteiger partial charge on any atom is -0.480 e. The molecule has 10 N–H and O–H groups in total. The zero-order valence-corrected chi connectivity index (χ0v) is 20.4. The first-order valence-electron chi connectivity index (χ1n) is 11.8. The van der Waals surface area contributed by atoms with E-state index in [9.17, 15) is 24.3 Å². The van der Waals surface area contributed by atoms with E-state index in [1.165, 1.54) is 0 Å². The highest BCUT2D eigenvalue weighted by Gasteiger charge is 2.31. The van der Waals surface area contributed by atoms with Crippen LogP contribution in [0.5, 0.6) is 0 Å². The molecular weight excluding hydrogens is 428 g/mol. The minimum absolute atomic E-state index is 0.114. The van der Waals surface area contributed by atoms with E-state index in [1.807, 2.05) is 0 Å². The fourth-order valence-corrected chi connectivity index (χ4v) is 3.13. The van der Waals surface area contributed by atoms with Crippen LogP contribution in [-0.2, 0) is 19.2 Å². The molecule has 0 fully saturated rings. The van der Waals surface area contributed by atoms with Gasteiger partial charge in [-0.2, -0.15) is 0 Å². The molecule has 4 unspecified atom stereocenters. The standard InChI is InChI=1S/C22H44N6O5/c1-13(2)17(25)21(31)27-15(9-5-7-11-23)19(29)26-16(10-6-8-12-24)20(30)28-18(14(3)4)22(32)33/h13-18H,5-12,23-25H2,1-4H3,(H,26,29)(H,27,31)(H,28,30)(H,32,33). The number of carbonyl (C=O) groups is 4. The Hall–Kier alpha value is -2.24. The van der Waals surface area contributed by atoms with Crippen LogP contribution in [0.4, 0.5) is 0 Å². The molecule has 192 valence electrons. The number of unbranched alkanes of at least 4 members (excludes halogenated alkanes) is 2. The van der Waals surface area contributed by atoms with Crippen LogP contribution in [0.25, 0.3) is 0 Å². The molecule has 0 saturated heterocycles. The average Bonchev–Trinajstić information content (AvgIpc) is 2.74. The Balaban J connectivity index is 5.50. The lowest BCUT2D eigenvalue weighted by molar-refractivity contribution is -0.143. The van der Waals surface area contributed by atoms with Crippen LogP contribution in [0.3, 0.4) is 0 Å². The van der Waals surface area contributed by atoms with Crippen LogP contribution >= 0.6 is 0 Å². The summed E-state index contributed by atoms with van der Waals surface area (Å²) in [5.41, 5.74) is 17.0. The maximum Gasteiger partial charge on any atom is 0.326 e. The predicted molar refractivity (Wildman–Crippen MR) is 127 cm³/mol. The van der Waals surface area contributed by atoms with Crippen LogP contribution in [0.15, 0.2) is 0 Å². The van der Waals surface area contributed by atoms with E-state index >= 15 is 0 Å². The number of aliphatic carboxylic acids is 1. The first kappa shape index (κ1) is 30.8. The second kappa shape index (κ2) is 16.4. The van der Waals surface area contributed by atoms with Gasteiger partial charge in [0.05, 0.1) is 6.04 Å². The number of rotatable bonds is 17. The molecule has 0 heterocycles. The van der Waals surface area contributed by atoms with Gasteiger partial charge in [-0.15, -0.1) is 0 Å². The summed E-state index contributed by atoms with van der Waals surface area (Å²) in [5, 5.41) is 17.3. The summed E-state index contributed by atoms with van der Waals surface area (Å²) in [6.45, 7) is 7.85. The predicted octanol–water partition coefficient (Wildman–Crippen LogP) is -0.577. The molecule has 0 aliphatic rings. The van der Waals surface area contributed by atoms with Crippen LogP contribution < -0.4 is 33.2 Å². The zero-order valence-electron chi connectivity index (χ0n) is 20.4. The number of carbonyl (C=O) groups excluding carboxylic acids is 3. The summed E-state index contributed by atoms with van der Waals surface area (Å²) in [7, 11) is 0. The van der Waals surface area contributed by atoms with Crippen molar-refractivity contribution in [2.45, 2.75) is 90.4 Å². The molecule has 33 heavy (non-hydrogen) atoms. The Kier molecular flexibility index (Phi) is 15.3. The van der Waals surface area contributed by atoms with E-state index in [4.69, 9.17) is 17.2 Å². The van der Waals surface area contributed by atoms with Gasteiger partial charge in [0.15, 0.2) is 0 Å². The number of hydrogen-bond acceptors (Lipinski definition) is 7. The van der Waals surface area contributed by atoms with E-state index in [-0.39, 0.29) is 18.3 Å². The largest absolute Gasteiger partial charge is 0.480 e. The number of hydrogen-bond donors (Lipinski definition) is 7. The third-order valence-corrected chi connectivity index (χ3v) is 5.41. The van der Waals surface area contributed by atoms with Crippen molar-refractivity contribution in [3.63, 3.8) is 0 Å². The lowest BCUT2D eigenvalue weighted by Crippen LogP contribution is -2.58. The second-order valence-electron chi connectivity index (χ2n) is 9.03. The number of nitrogens with two attached hydrogens (primary N) is 3. The normalized spacial score (nSPS) is 14.9. The quantitative estimate of drug-likeness (QED) is 0.136. The van der Waals surface area contributed by atoms with Gasteiger partial charge in [-0.25, -0.2) is 4.79 Å². The molecule has 11 heteroatoms. The highest BCUT2D eigenvalue weighted by molar-refractivity contribution is 5.94. The van der Waals surface area contributed by atoms with E-state index in [2.05, 4.69) is 16.0 Å². The zero-order chi connectivity index (χ0) is 25.6. The van der Waals surface area contributed by atoms with Crippen LogP contribution in [0.1, 0.15) is 66.2 Å². The molecule has 0 aromatic carbocycles. The fourth-order valence-electron chi connectivity index (χ4n) is 3.13. The van der Waals surface area contributed by atoms with Crippen molar-refractivity contribution in [1.29, 1.82) is 0 Å². The summed E-state index contributed by atoms with van der Waals surface area (Å²) >= 11 is 0. The van der Waals surface area contributed by atoms with Crippen molar-refractivity contribution >= 4 is 23.7 Å². The lowest BCUT2D eigenvalue weighted by Gasteiger charge is -2.26. The van der Waals surface area contributed by atoms with E-state index in [0.717, 1.165) is 0 Å². The molecule has 11 nitrogen and oxygen atoms in total. The fraction of sp³-hybridized carbons (Fsp3) is 0.818. The Bertz CT molecular complexity index is 628. The number of nitrogens with one attached hydrogen (secondary N) is 3. The smallest absolute Gasteiger partial charge is 0.326 e. The van der Waals surface area contributed by atoms with Crippen LogP contribution in [0, 0.1) is 11.8 Å². The van der Waals surface area contributed by atoms with Crippen molar-refractivity contribution in [3.05, 3.63) is 0 Å². The van der Waals surface area contributed by atoms with Gasteiger partial charge in [0.25, 0.3) is 0 Å². The van der Waals surface area contributed by atoms with Gasteiger partial charge < -0.3 is 38.3 Å². The first-order chi connectivity index (χ1) is 15.5. The summed E-state index contributed by atoms with van der Waals surface area (Å²) in [5.74, 6) is -3.18. The number of carboxylic acids is 1. The molecule has 0 radical (unpaired) electrons. The van der Waals surface area contributed by atoms with Gasteiger partial charge in [-0.1, -0.05) is 27.7 Å². The van der Waals surface area contributed by atoms with Crippen LogP contribution in [-0.4, -0.2) is 66.1 Å². The maximum absolute atomic E-state index is 13.0. The van der Waals surface area contributed by atoms with Gasteiger partial charge in [-0.05, 0) is 63.5 Å². The van der Waals surface area contributed by atoms with Crippen molar-refractivity contribution in [2.75, 3.05) is 13.1 Å². The van der Waals surface area contributed by atoms with E-state index < -0.39 is 47.9 Å². The van der Waals surface area contributed by atoms with Crippen molar-refractivity contribution in [2.24, 2.45) is 29.0 Å². The SMILES string of the molecule is CC(C)C(N)C(=O)NC(CCCCN)C(=O)NC(CCCCN)C(=O)NC(C(=O)O)C(C)C. The molecule has 0 aliphatic carbocycles. The lowest BCUT2D eigenvalue weighted by atomic mass is 10.0. The molecule has 0 aromatic heterocycles.